The first-order valence-electron chi connectivity index (χ1n) is 7.73. The summed E-state index contributed by atoms with van der Waals surface area (Å²) in [7, 11) is 0. The maximum Gasteiger partial charge on any atom is 0.233 e. The standard InChI is InChI=1S/C19H21NO/c1-2-3-14-20-18(16-12-8-5-9-13-16)17(19(20)21)15-10-6-4-7-11-15/h4-13,17-18H,2-3,14H2,1H3. The van der Waals surface area contributed by atoms with E-state index in [1.807, 2.05) is 29.2 Å². The van der Waals surface area contributed by atoms with Crippen molar-refractivity contribution in [2.75, 3.05) is 6.54 Å². The topological polar surface area (TPSA) is 20.3 Å². The fourth-order valence-electron chi connectivity index (χ4n) is 3.13. The van der Waals surface area contributed by atoms with Gasteiger partial charge in [-0.2, -0.15) is 0 Å². The largest absolute Gasteiger partial charge is 0.334 e. The summed E-state index contributed by atoms with van der Waals surface area (Å²) < 4.78 is 0. The predicted octanol–water partition coefficient (Wildman–Crippen LogP) is 4.15. The van der Waals surface area contributed by atoms with Crippen molar-refractivity contribution in [1.82, 2.24) is 4.90 Å². The maximum atomic E-state index is 12.6. The van der Waals surface area contributed by atoms with E-state index in [-0.39, 0.29) is 17.9 Å². The van der Waals surface area contributed by atoms with Gasteiger partial charge in [-0.1, -0.05) is 74.0 Å². The smallest absolute Gasteiger partial charge is 0.233 e. The SMILES string of the molecule is CCCCN1C(=O)C(c2ccccc2)C1c1ccccc1. The van der Waals surface area contributed by atoms with E-state index in [1.54, 1.807) is 0 Å². The molecule has 2 heteroatoms. The van der Waals surface area contributed by atoms with Crippen LogP contribution < -0.4 is 0 Å². The van der Waals surface area contributed by atoms with Crippen LogP contribution in [0, 0.1) is 0 Å². The van der Waals surface area contributed by atoms with E-state index in [1.165, 1.54) is 5.56 Å². The lowest BCUT2D eigenvalue weighted by atomic mass is 9.77. The summed E-state index contributed by atoms with van der Waals surface area (Å²) in [4.78, 5) is 14.6. The number of likely N-dealkylation sites (tertiary alicyclic amines) is 1. The van der Waals surface area contributed by atoms with Crippen LogP contribution in [0.3, 0.4) is 0 Å². The van der Waals surface area contributed by atoms with Crippen molar-refractivity contribution < 1.29 is 4.79 Å². The molecule has 2 atom stereocenters. The van der Waals surface area contributed by atoms with Gasteiger partial charge in [0.1, 0.15) is 0 Å². The highest BCUT2D eigenvalue weighted by Crippen LogP contribution is 2.46. The number of rotatable bonds is 5. The Labute approximate surface area is 126 Å². The van der Waals surface area contributed by atoms with E-state index in [0.717, 1.165) is 24.9 Å². The van der Waals surface area contributed by atoms with Gasteiger partial charge in [0, 0.05) is 6.54 Å². The van der Waals surface area contributed by atoms with Crippen LogP contribution in [0.5, 0.6) is 0 Å². The average molecular weight is 279 g/mol. The van der Waals surface area contributed by atoms with Gasteiger partial charge in [0.15, 0.2) is 0 Å². The third kappa shape index (κ3) is 2.58. The second kappa shape index (κ2) is 6.13. The molecule has 2 aromatic carbocycles. The fourth-order valence-corrected chi connectivity index (χ4v) is 3.13. The first kappa shape index (κ1) is 13.9. The molecule has 3 rings (SSSR count). The molecule has 1 amide bonds. The molecule has 2 nitrogen and oxygen atoms in total. The molecule has 0 aromatic heterocycles. The van der Waals surface area contributed by atoms with E-state index >= 15 is 0 Å². The maximum absolute atomic E-state index is 12.6. The molecule has 1 fully saturated rings. The Morgan fingerprint density at radius 1 is 0.905 bits per heavy atom. The lowest BCUT2D eigenvalue weighted by Crippen LogP contribution is -2.53. The van der Waals surface area contributed by atoms with E-state index in [0.29, 0.717) is 0 Å². The monoisotopic (exact) mass is 279 g/mol. The highest BCUT2D eigenvalue weighted by Gasteiger charge is 2.47. The second-order valence-corrected chi connectivity index (χ2v) is 5.63. The number of β-lactam (4-membered cyclic amide) rings is 1. The number of carbonyl (C=O) groups is 1. The molecule has 1 aliphatic rings. The zero-order valence-electron chi connectivity index (χ0n) is 12.4. The number of hydrogen-bond acceptors (Lipinski definition) is 1. The summed E-state index contributed by atoms with van der Waals surface area (Å²) in [5, 5.41) is 0. The van der Waals surface area contributed by atoms with Gasteiger partial charge in [0.2, 0.25) is 5.91 Å². The molecule has 1 heterocycles. The highest BCUT2D eigenvalue weighted by molar-refractivity contribution is 5.91. The van der Waals surface area contributed by atoms with Crippen LogP contribution in [0.4, 0.5) is 0 Å². The lowest BCUT2D eigenvalue weighted by Gasteiger charge is -2.48. The molecule has 0 N–H and O–H groups in total. The minimum atomic E-state index is -0.0227. The van der Waals surface area contributed by atoms with Crippen molar-refractivity contribution in [3.8, 4) is 0 Å². The quantitative estimate of drug-likeness (QED) is 0.753. The molecule has 0 aliphatic carbocycles. The first-order chi connectivity index (χ1) is 10.3. The van der Waals surface area contributed by atoms with Crippen LogP contribution in [0.2, 0.25) is 0 Å². The molecule has 0 radical (unpaired) electrons. The molecular formula is C19H21NO. The number of nitrogens with zero attached hydrogens (tertiary/aromatic N) is 1. The Morgan fingerprint density at radius 3 is 2.05 bits per heavy atom. The van der Waals surface area contributed by atoms with Gasteiger partial charge < -0.3 is 4.90 Å². The van der Waals surface area contributed by atoms with Gasteiger partial charge in [-0.25, -0.2) is 0 Å². The molecule has 0 spiro atoms. The van der Waals surface area contributed by atoms with E-state index in [4.69, 9.17) is 0 Å². The Morgan fingerprint density at radius 2 is 1.48 bits per heavy atom. The van der Waals surface area contributed by atoms with Gasteiger partial charge in [-0.15, -0.1) is 0 Å². The number of carbonyl (C=O) groups excluding carboxylic acids is 1. The summed E-state index contributed by atoms with van der Waals surface area (Å²) in [6.45, 7) is 3.02. The van der Waals surface area contributed by atoms with E-state index in [2.05, 4.69) is 43.3 Å². The van der Waals surface area contributed by atoms with Crippen LogP contribution in [0.25, 0.3) is 0 Å². The van der Waals surface area contributed by atoms with Crippen LogP contribution in [0.15, 0.2) is 60.7 Å². The minimum Gasteiger partial charge on any atom is -0.334 e. The van der Waals surface area contributed by atoms with Gasteiger partial charge in [-0.05, 0) is 17.5 Å². The number of amides is 1. The molecule has 21 heavy (non-hydrogen) atoms. The van der Waals surface area contributed by atoms with Crippen LogP contribution in [-0.2, 0) is 4.79 Å². The Hall–Kier alpha value is -2.09. The second-order valence-electron chi connectivity index (χ2n) is 5.63. The average Bonchev–Trinajstić information content (AvgIpc) is 2.54. The zero-order chi connectivity index (χ0) is 14.7. The van der Waals surface area contributed by atoms with Gasteiger partial charge in [-0.3, -0.25) is 4.79 Å². The summed E-state index contributed by atoms with van der Waals surface area (Å²) in [6.07, 6.45) is 2.18. The number of benzene rings is 2. The van der Waals surface area contributed by atoms with Crippen LogP contribution in [0.1, 0.15) is 42.9 Å². The summed E-state index contributed by atoms with van der Waals surface area (Å²) in [6, 6.07) is 20.7. The van der Waals surface area contributed by atoms with Crippen molar-refractivity contribution >= 4 is 5.91 Å². The predicted molar refractivity (Wildman–Crippen MR) is 85.0 cm³/mol. The Bertz CT molecular complexity index is 593. The Kier molecular flexibility index (Phi) is 4.05. The summed E-state index contributed by atoms with van der Waals surface area (Å²) >= 11 is 0. The summed E-state index contributed by atoms with van der Waals surface area (Å²) in [5.41, 5.74) is 2.37. The van der Waals surface area contributed by atoms with Gasteiger partial charge in [0.05, 0.1) is 12.0 Å². The lowest BCUT2D eigenvalue weighted by molar-refractivity contribution is -0.150. The molecule has 0 saturated carbocycles. The van der Waals surface area contributed by atoms with Crippen molar-refractivity contribution in [2.24, 2.45) is 0 Å². The van der Waals surface area contributed by atoms with Gasteiger partial charge >= 0.3 is 0 Å². The Balaban J connectivity index is 1.91. The number of unbranched alkanes of at least 4 members (excludes halogenated alkanes) is 1. The highest BCUT2D eigenvalue weighted by atomic mass is 16.2. The molecule has 2 aromatic rings. The summed E-state index contributed by atoms with van der Waals surface area (Å²) in [5.74, 6) is 0.244. The third-order valence-corrected chi connectivity index (χ3v) is 4.25. The van der Waals surface area contributed by atoms with Crippen molar-refractivity contribution in [2.45, 2.75) is 31.7 Å². The van der Waals surface area contributed by atoms with Gasteiger partial charge in [0.25, 0.3) is 0 Å². The van der Waals surface area contributed by atoms with Crippen LogP contribution in [-0.4, -0.2) is 17.4 Å². The molecule has 1 aliphatic heterocycles. The van der Waals surface area contributed by atoms with Crippen molar-refractivity contribution in [3.05, 3.63) is 71.8 Å². The normalized spacial score (nSPS) is 21.2. The molecule has 1 saturated heterocycles. The van der Waals surface area contributed by atoms with Crippen molar-refractivity contribution in [1.29, 1.82) is 0 Å². The first-order valence-corrected chi connectivity index (χ1v) is 7.73. The number of hydrogen-bond donors (Lipinski definition) is 0. The minimum absolute atomic E-state index is 0.0227. The van der Waals surface area contributed by atoms with Crippen molar-refractivity contribution in [3.63, 3.8) is 0 Å². The fraction of sp³-hybridized carbons (Fsp3) is 0.316. The van der Waals surface area contributed by atoms with E-state index < -0.39 is 0 Å². The van der Waals surface area contributed by atoms with Crippen LogP contribution >= 0.6 is 0 Å². The third-order valence-electron chi connectivity index (χ3n) is 4.25. The molecular weight excluding hydrogens is 258 g/mol. The molecule has 2 unspecified atom stereocenters. The van der Waals surface area contributed by atoms with E-state index in [9.17, 15) is 4.79 Å². The molecule has 0 bridgehead atoms. The molecule has 108 valence electrons. The zero-order valence-corrected chi connectivity index (χ0v) is 12.4.